The SMILES string of the molecule is CCNC1CCN(C(=O)C(NC(=O)C(Cc2ccccc2)CC(O)C(Cc2ccccc2)NC(=O)OC(C)(C)C)C(C)C)CC1. The molecule has 3 amide bonds. The Kier molecular flexibility index (Phi) is 13.9. The molecule has 1 heterocycles. The maximum atomic E-state index is 14.0. The summed E-state index contributed by atoms with van der Waals surface area (Å²) in [5.41, 5.74) is 1.18. The summed E-state index contributed by atoms with van der Waals surface area (Å²) in [6.45, 7) is 13.5. The van der Waals surface area contributed by atoms with Gasteiger partial charge in [-0.2, -0.15) is 0 Å². The zero-order chi connectivity index (χ0) is 33.0. The molecule has 9 heteroatoms. The predicted octanol–water partition coefficient (Wildman–Crippen LogP) is 4.47. The van der Waals surface area contributed by atoms with E-state index in [9.17, 15) is 19.5 Å². The molecule has 4 N–H and O–H groups in total. The standard InChI is InChI=1S/C36H54N4O5/c1-7-37-29-18-20-40(21-19-29)34(43)32(25(2)3)39-33(42)28(22-26-14-10-8-11-15-26)24-31(41)30(23-27-16-12-9-13-17-27)38-35(44)45-36(4,5)6/h8-17,25,28-32,37,41H,7,18-24H2,1-6H3,(H,38,44)(H,39,42). The van der Waals surface area contributed by atoms with Crippen molar-refractivity contribution in [3.8, 4) is 0 Å². The largest absolute Gasteiger partial charge is 0.444 e. The topological polar surface area (TPSA) is 120 Å². The summed E-state index contributed by atoms with van der Waals surface area (Å²) < 4.78 is 5.50. The van der Waals surface area contributed by atoms with Gasteiger partial charge >= 0.3 is 6.09 Å². The third-order valence-electron chi connectivity index (χ3n) is 8.22. The number of aliphatic hydroxyl groups is 1. The fourth-order valence-electron chi connectivity index (χ4n) is 5.82. The molecule has 0 saturated carbocycles. The van der Waals surface area contributed by atoms with Crippen LogP contribution in [0.25, 0.3) is 0 Å². The van der Waals surface area contributed by atoms with Gasteiger partial charge in [0, 0.05) is 25.0 Å². The maximum absolute atomic E-state index is 14.0. The molecule has 0 bridgehead atoms. The Hall–Kier alpha value is -3.43. The molecule has 3 rings (SSSR count). The van der Waals surface area contributed by atoms with E-state index in [0.29, 0.717) is 32.0 Å². The molecule has 248 valence electrons. The summed E-state index contributed by atoms with van der Waals surface area (Å²) in [5.74, 6) is -1.12. The molecule has 4 unspecified atom stereocenters. The van der Waals surface area contributed by atoms with Crippen molar-refractivity contribution < 1.29 is 24.2 Å². The van der Waals surface area contributed by atoms with Crippen LogP contribution in [0, 0.1) is 11.8 Å². The normalized spacial score (nSPS) is 16.8. The van der Waals surface area contributed by atoms with E-state index >= 15 is 0 Å². The quantitative estimate of drug-likeness (QED) is 0.247. The summed E-state index contributed by atoms with van der Waals surface area (Å²) in [6.07, 6.45) is 0.896. The van der Waals surface area contributed by atoms with Crippen LogP contribution in [0.15, 0.2) is 60.7 Å². The van der Waals surface area contributed by atoms with E-state index in [0.717, 1.165) is 30.5 Å². The Morgan fingerprint density at radius 2 is 1.47 bits per heavy atom. The molecule has 0 spiro atoms. The third kappa shape index (κ3) is 12.1. The first kappa shape index (κ1) is 36.0. The van der Waals surface area contributed by atoms with Crippen molar-refractivity contribution in [2.75, 3.05) is 19.6 Å². The zero-order valence-corrected chi connectivity index (χ0v) is 27.9. The smallest absolute Gasteiger partial charge is 0.407 e. The van der Waals surface area contributed by atoms with E-state index < -0.39 is 35.8 Å². The van der Waals surface area contributed by atoms with Gasteiger partial charge in [-0.05, 0) is 76.5 Å². The van der Waals surface area contributed by atoms with Gasteiger partial charge in [0.05, 0.1) is 12.1 Å². The van der Waals surface area contributed by atoms with Crippen LogP contribution in [0.4, 0.5) is 4.79 Å². The average Bonchev–Trinajstić information content (AvgIpc) is 2.99. The predicted molar refractivity (Wildman–Crippen MR) is 178 cm³/mol. The van der Waals surface area contributed by atoms with Gasteiger partial charge in [0.2, 0.25) is 11.8 Å². The maximum Gasteiger partial charge on any atom is 0.407 e. The molecule has 1 fully saturated rings. The number of piperidine rings is 1. The number of carbonyl (C=O) groups excluding carboxylic acids is 3. The second kappa shape index (κ2) is 17.3. The molecular formula is C36H54N4O5. The Morgan fingerprint density at radius 3 is 1.98 bits per heavy atom. The van der Waals surface area contributed by atoms with E-state index in [2.05, 4.69) is 22.9 Å². The van der Waals surface area contributed by atoms with Crippen LogP contribution in [0.3, 0.4) is 0 Å². The molecule has 1 aliphatic rings. The number of alkyl carbamates (subject to hydrolysis) is 1. The van der Waals surface area contributed by atoms with E-state index in [1.165, 1.54) is 0 Å². The highest BCUT2D eigenvalue weighted by Crippen LogP contribution is 2.21. The Labute approximate surface area is 269 Å². The molecular weight excluding hydrogens is 568 g/mol. The van der Waals surface area contributed by atoms with Crippen LogP contribution < -0.4 is 16.0 Å². The number of nitrogens with zero attached hydrogens (tertiary/aromatic N) is 1. The minimum Gasteiger partial charge on any atom is -0.444 e. The van der Waals surface area contributed by atoms with E-state index in [1.807, 2.05) is 79.4 Å². The molecule has 2 aromatic rings. The zero-order valence-electron chi connectivity index (χ0n) is 27.9. The van der Waals surface area contributed by atoms with Crippen LogP contribution in [-0.2, 0) is 27.2 Å². The highest BCUT2D eigenvalue weighted by atomic mass is 16.6. The number of hydrogen-bond acceptors (Lipinski definition) is 6. The lowest BCUT2D eigenvalue weighted by Crippen LogP contribution is -2.55. The number of nitrogens with one attached hydrogen (secondary N) is 3. The molecule has 1 saturated heterocycles. The number of aliphatic hydroxyl groups excluding tert-OH is 1. The molecule has 4 atom stereocenters. The van der Waals surface area contributed by atoms with Gasteiger partial charge in [0.15, 0.2) is 0 Å². The second-order valence-electron chi connectivity index (χ2n) is 13.5. The highest BCUT2D eigenvalue weighted by Gasteiger charge is 2.35. The first-order valence-electron chi connectivity index (χ1n) is 16.4. The van der Waals surface area contributed by atoms with Gasteiger partial charge in [-0.3, -0.25) is 9.59 Å². The number of carbonyl (C=O) groups is 3. The minimum atomic E-state index is -1.06. The van der Waals surface area contributed by atoms with Crippen molar-refractivity contribution in [3.63, 3.8) is 0 Å². The number of rotatable bonds is 14. The number of ether oxygens (including phenoxy) is 1. The average molecular weight is 623 g/mol. The summed E-state index contributed by atoms with van der Waals surface area (Å²) in [6, 6.07) is 18.3. The van der Waals surface area contributed by atoms with Gasteiger partial charge < -0.3 is 30.7 Å². The number of hydrogen-bond donors (Lipinski definition) is 4. The summed E-state index contributed by atoms with van der Waals surface area (Å²) >= 11 is 0. The van der Waals surface area contributed by atoms with Crippen LogP contribution in [0.1, 0.15) is 71.9 Å². The summed E-state index contributed by atoms with van der Waals surface area (Å²) in [5, 5.41) is 21.0. The lowest BCUT2D eigenvalue weighted by Gasteiger charge is -2.36. The van der Waals surface area contributed by atoms with Crippen LogP contribution in [0.5, 0.6) is 0 Å². The van der Waals surface area contributed by atoms with Crippen molar-refractivity contribution in [3.05, 3.63) is 71.8 Å². The lowest BCUT2D eigenvalue weighted by molar-refractivity contribution is -0.139. The second-order valence-corrected chi connectivity index (χ2v) is 13.5. The van der Waals surface area contributed by atoms with Crippen molar-refractivity contribution in [1.29, 1.82) is 0 Å². The van der Waals surface area contributed by atoms with Crippen LogP contribution >= 0.6 is 0 Å². The van der Waals surface area contributed by atoms with Gasteiger partial charge in [0.1, 0.15) is 11.6 Å². The van der Waals surface area contributed by atoms with Gasteiger partial charge in [-0.1, -0.05) is 81.4 Å². The van der Waals surface area contributed by atoms with Crippen molar-refractivity contribution in [1.82, 2.24) is 20.9 Å². The molecule has 9 nitrogen and oxygen atoms in total. The summed E-state index contributed by atoms with van der Waals surface area (Å²) in [7, 11) is 0. The fraction of sp³-hybridized carbons (Fsp3) is 0.583. The minimum absolute atomic E-state index is 0.0687. The fourth-order valence-corrected chi connectivity index (χ4v) is 5.82. The van der Waals surface area contributed by atoms with Crippen molar-refractivity contribution in [2.24, 2.45) is 11.8 Å². The van der Waals surface area contributed by atoms with Crippen molar-refractivity contribution in [2.45, 2.75) is 103 Å². The Balaban J connectivity index is 1.80. The first-order chi connectivity index (χ1) is 21.4. The van der Waals surface area contributed by atoms with Crippen LogP contribution in [-0.4, -0.2) is 77.4 Å². The molecule has 45 heavy (non-hydrogen) atoms. The van der Waals surface area contributed by atoms with Crippen LogP contribution in [0.2, 0.25) is 0 Å². The molecule has 0 radical (unpaired) electrons. The highest BCUT2D eigenvalue weighted by molar-refractivity contribution is 5.89. The van der Waals surface area contributed by atoms with E-state index in [-0.39, 0.29) is 24.2 Å². The molecule has 2 aromatic carbocycles. The monoisotopic (exact) mass is 622 g/mol. The van der Waals surface area contributed by atoms with Gasteiger partial charge in [-0.25, -0.2) is 4.79 Å². The lowest BCUT2D eigenvalue weighted by atomic mass is 9.88. The number of likely N-dealkylation sites (tertiary alicyclic amines) is 1. The summed E-state index contributed by atoms with van der Waals surface area (Å²) in [4.78, 5) is 42.3. The molecule has 0 aliphatic carbocycles. The number of benzene rings is 2. The first-order valence-corrected chi connectivity index (χ1v) is 16.4. The Bertz CT molecular complexity index is 1190. The van der Waals surface area contributed by atoms with Crippen molar-refractivity contribution >= 4 is 17.9 Å². The third-order valence-corrected chi connectivity index (χ3v) is 8.22. The van der Waals surface area contributed by atoms with Gasteiger partial charge in [0.25, 0.3) is 0 Å². The van der Waals surface area contributed by atoms with Gasteiger partial charge in [-0.15, -0.1) is 0 Å². The molecule has 0 aromatic heterocycles. The molecule has 1 aliphatic heterocycles. The van der Waals surface area contributed by atoms with E-state index in [4.69, 9.17) is 4.74 Å². The number of amides is 3. The van der Waals surface area contributed by atoms with E-state index in [1.54, 1.807) is 20.8 Å². The Morgan fingerprint density at radius 1 is 0.911 bits per heavy atom.